The van der Waals surface area contributed by atoms with Crippen LogP contribution in [-0.2, 0) is 0 Å². The van der Waals surface area contributed by atoms with Gasteiger partial charge in [0.15, 0.2) is 0 Å². The number of alkyl halides is 1. The molecule has 0 saturated heterocycles. The number of nitro benzene ring substituents is 2. The van der Waals surface area contributed by atoms with E-state index in [0.717, 1.165) is 6.42 Å². The average Bonchev–Trinajstić information content (AvgIpc) is 2.71. The number of phenolic OH excluding ortho intramolecular Hbond substituents is 1. The molecule has 31 heavy (non-hydrogen) atoms. The molecule has 2 atom stereocenters. The van der Waals surface area contributed by atoms with E-state index < -0.39 is 9.85 Å². The topological polar surface area (TPSA) is 116 Å². The van der Waals surface area contributed by atoms with Crippen molar-refractivity contribution in [1.82, 2.24) is 0 Å². The predicted molar refractivity (Wildman–Crippen MR) is 126 cm³/mol. The second kappa shape index (κ2) is 14.3. The molecule has 0 aromatic heterocycles. The van der Waals surface area contributed by atoms with E-state index in [4.69, 9.17) is 9.84 Å². The number of ether oxygens (including phenoxy) is 1. The van der Waals surface area contributed by atoms with Crippen LogP contribution in [0.3, 0.4) is 0 Å². The number of benzene rings is 2. The zero-order valence-electron chi connectivity index (χ0n) is 18.8. The lowest BCUT2D eigenvalue weighted by Crippen LogP contribution is -2.10. The van der Waals surface area contributed by atoms with Gasteiger partial charge in [0.1, 0.15) is 11.5 Å². The van der Waals surface area contributed by atoms with Crippen LogP contribution in [0, 0.1) is 34.1 Å². The fourth-order valence-electron chi connectivity index (χ4n) is 2.04. The Labute approximate surface area is 191 Å². The fraction of sp³-hybridized carbons (Fsp3) is 0.455. The van der Waals surface area contributed by atoms with Crippen molar-refractivity contribution < 1.29 is 19.7 Å². The highest BCUT2D eigenvalue weighted by Gasteiger charge is 2.15. The highest BCUT2D eigenvalue weighted by atomic mass is 79.9. The average molecular weight is 499 g/mol. The number of halogens is 1. The maximum Gasteiger partial charge on any atom is 0.276 e. The minimum absolute atomic E-state index is 0.0424. The second-order valence-corrected chi connectivity index (χ2v) is 8.42. The minimum atomic E-state index is -0.519. The Hall–Kier alpha value is -2.68. The Balaban J connectivity index is 0.000000492. The summed E-state index contributed by atoms with van der Waals surface area (Å²) in [6, 6.07) is 9.11. The van der Waals surface area contributed by atoms with Gasteiger partial charge in [-0.2, -0.15) is 0 Å². The van der Waals surface area contributed by atoms with Gasteiger partial charge in [-0.05, 0) is 45.7 Å². The second-order valence-electron chi connectivity index (χ2n) is 6.86. The van der Waals surface area contributed by atoms with Gasteiger partial charge in [0.25, 0.3) is 11.4 Å². The van der Waals surface area contributed by atoms with Gasteiger partial charge in [0.2, 0.25) is 0 Å². The number of phenols is 1. The summed E-state index contributed by atoms with van der Waals surface area (Å²) in [6.45, 7) is 11.5. The van der Waals surface area contributed by atoms with E-state index in [0.29, 0.717) is 21.7 Å². The third-order valence-electron chi connectivity index (χ3n) is 4.39. The van der Waals surface area contributed by atoms with Crippen LogP contribution < -0.4 is 4.74 Å². The third-order valence-corrected chi connectivity index (χ3v) is 5.04. The first kappa shape index (κ1) is 28.3. The number of hydrogen-bond acceptors (Lipinski definition) is 6. The van der Waals surface area contributed by atoms with E-state index in [1.807, 2.05) is 13.8 Å². The van der Waals surface area contributed by atoms with Gasteiger partial charge < -0.3 is 9.84 Å². The highest BCUT2D eigenvalue weighted by Crippen LogP contribution is 2.28. The normalized spacial score (nSPS) is 11.7. The summed E-state index contributed by atoms with van der Waals surface area (Å²) >= 11 is 3.37. The van der Waals surface area contributed by atoms with Crippen molar-refractivity contribution in [3.8, 4) is 11.5 Å². The van der Waals surface area contributed by atoms with Crippen molar-refractivity contribution >= 4 is 27.3 Å². The van der Waals surface area contributed by atoms with Crippen molar-refractivity contribution in [2.45, 2.75) is 65.3 Å². The summed E-state index contributed by atoms with van der Waals surface area (Å²) in [5, 5.41) is 30.0. The number of hydrogen-bond donors (Lipinski definition) is 1. The van der Waals surface area contributed by atoms with Crippen LogP contribution in [0.4, 0.5) is 11.4 Å². The van der Waals surface area contributed by atoms with E-state index in [1.54, 1.807) is 19.1 Å². The van der Waals surface area contributed by atoms with E-state index in [9.17, 15) is 20.2 Å². The van der Waals surface area contributed by atoms with E-state index in [2.05, 4.69) is 29.8 Å². The summed E-state index contributed by atoms with van der Waals surface area (Å²) in [5.41, 5.74) is 0.945. The van der Waals surface area contributed by atoms with Crippen molar-refractivity contribution in [3.63, 3.8) is 0 Å². The summed E-state index contributed by atoms with van der Waals surface area (Å²) in [4.78, 5) is 20.7. The first-order valence-corrected chi connectivity index (χ1v) is 10.8. The molecule has 0 saturated carbocycles. The minimum Gasteiger partial charge on any atom is -0.507 e. The molecule has 0 spiro atoms. The van der Waals surface area contributed by atoms with Crippen LogP contribution in [0.1, 0.15) is 51.7 Å². The van der Waals surface area contributed by atoms with Crippen LogP contribution in [0.5, 0.6) is 11.5 Å². The molecular weight excluding hydrogens is 468 g/mol. The Morgan fingerprint density at radius 2 is 1.39 bits per heavy atom. The van der Waals surface area contributed by atoms with E-state index in [1.165, 1.54) is 37.6 Å². The molecule has 172 valence electrons. The van der Waals surface area contributed by atoms with Crippen molar-refractivity contribution in [3.05, 3.63) is 67.8 Å². The molecule has 2 unspecified atom stereocenters. The van der Waals surface area contributed by atoms with Crippen LogP contribution in [0.2, 0.25) is 0 Å². The molecule has 0 heterocycles. The molecule has 2 aromatic carbocycles. The Kier molecular flexibility index (Phi) is 13.1. The summed E-state index contributed by atoms with van der Waals surface area (Å²) in [6.07, 6.45) is 2.17. The zero-order chi connectivity index (χ0) is 24.1. The first-order chi connectivity index (χ1) is 14.5. The maximum absolute atomic E-state index is 10.7. The predicted octanol–water partition coefficient (Wildman–Crippen LogP) is 6.87. The molecule has 0 fully saturated rings. The van der Waals surface area contributed by atoms with E-state index in [-0.39, 0.29) is 23.2 Å². The molecule has 0 amide bonds. The Bertz CT molecular complexity index is 858. The van der Waals surface area contributed by atoms with Crippen LogP contribution >= 0.6 is 15.9 Å². The number of aromatic hydroxyl groups is 1. The Morgan fingerprint density at radius 3 is 1.77 bits per heavy atom. The quantitative estimate of drug-likeness (QED) is 0.263. The molecule has 0 bridgehead atoms. The molecule has 0 aliphatic rings. The van der Waals surface area contributed by atoms with Crippen molar-refractivity contribution in [2.75, 3.05) is 0 Å². The zero-order valence-corrected chi connectivity index (χ0v) is 20.4. The lowest BCUT2D eigenvalue weighted by molar-refractivity contribution is -0.385. The molecule has 0 aliphatic carbocycles. The van der Waals surface area contributed by atoms with Crippen molar-refractivity contribution in [1.29, 1.82) is 0 Å². The smallest absolute Gasteiger partial charge is 0.276 e. The van der Waals surface area contributed by atoms with Crippen molar-refractivity contribution in [2.24, 2.45) is 0 Å². The lowest BCUT2D eigenvalue weighted by Gasteiger charge is -2.14. The molecular formula is C22H31BrN2O6. The third kappa shape index (κ3) is 10.3. The molecule has 2 aromatic rings. The lowest BCUT2D eigenvalue weighted by atomic mass is 10.2. The van der Waals surface area contributed by atoms with Crippen LogP contribution in [-0.4, -0.2) is 25.9 Å². The molecule has 0 radical (unpaired) electrons. The Morgan fingerprint density at radius 1 is 0.935 bits per heavy atom. The number of nitro groups is 2. The van der Waals surface area contributed by atoms with Gasteiger partial charge in [-0.15, -0.1) is 0 Å². The largest absolute Gasteiger partial charge is 0.507 e. The van der Waals surface area contributed by atoms with Crippen LogP contribution in [0.25, 0.3) is 0 Å². The molecule has 1 N–H and O–H groups in total. The molecule has 9 heteroatoms. The fourth-order valence-corrected chi connectivity index (χ4v) is 2.04. The summed E-state index contributed by atoms with van der Waals surface area (Å²) in [5.74, 6) is 0.553. The van der Waals surface area contributed by atoms with Gasteiger partial charge >= 0.3 is 0 Å². The number of nitrogens with zero attached hydrogens (tertiary/aromatic N) is 2. The van der Waals surface area contributed by atoms with Gasteiger partial charge in [-0.3, -0.25) is 20.2 Å². The van der Waals surface area contributed by atoms with Gasteiger partial charge in [0.05, 0.1) is 27.1 Å². The van der Waals surface area contributed by atoms with Crippen LogP contribution in [0.15, 0.2) is 36.4 Å². The van der Waals surface area contributed by atoms with Gasteiger partial charge in [0, 0.05) is 17.0 Å². The van der Waals surface area contributed by atoms with Gasteiger partial charge in [-0.1, -0.05) is 48.8 Å². The summed E-state index contributed by atoms with van der Waals surface area (Å²) in [7, 11) is 0. The monoisotopic (exact) mass is 498 g/mol. The maximum atomic E-state index is 10.7. The highest BCUT2D eigenvalue weighted by molar-refractivity contribution is 9.09. The first-order valence-electron chi connectivity index (χ1n) is 9.93. The van der Waals surface area contributed by atoms with Gasteiger partial charge in [-0.25, -0.2) is 0 Å². The standard InChI is InChI=1S/C11H15NO3.C7H7NO3.C4H9Br/c1-4-8(2)15-11-7-5-6-10(9(11)3)12(13)14;1-5-6(8(10)11)3-2-4-7(5)9;1-3-4(2)5/h5-8H,4H2,1-3H3;2-4,9H,1H3;4H,3H2,1-2H3. The molecule has 8 nitrogen and oxygen atoms in total. The molecule has 2 rings (SSSR count). The summed E-state index contributed by atoms with van der Waals surface area (Å²) < 4.78 is 5.58. The SMILES string of the molecule is CCC(C)Br.CCC(C)Oc1cccc([N+](=O)[O-])c1C.Cc1c(O)cccc1[N+](=O)[O-]. The molecule has 0 aliphatic heterocycles. The van der Waals surface area contributed by atoms with E-state index >= 15 is 0 Å². The number of rotatable bonds is 6.